The van der Waals surface area contributed by atoms with E-state index in [-0.39, 0.29) is 6.61 Å². The first kappa shape index (κ1) is 13.4. The average molecular weight is 283 g/mol. The van der Waals surface area contributed by atoms with Crippen LogP contribution in [-0.2, 0) is 19.6 Å². The maximum atomic E-state index is 8.79. The molecule has 0 unspecified atom stereocenters. The molecule has 0 amide bonds. The van der Waals surface area contributed by atoms with Crippen molar-refractivity contribution < 1.29 is 5.11 Å². The molecule has 0 aliphatic carbocycles. The van der Waals surface area contributed by atoms with Crippen molar-refractivity contribution in [3.8, 4) is 11.8 Å². The normalized spacial score (nSPS) is 13.8. The van der Waals surface area contributed by atoms with E-state index in [1.165, 1.54) is 16.0 Å². The van der Waals surface area contributed by atoms with Crippen molar-refractivity contribution in [1.29, 1.82) is 0 Å². The predicted octanol–water partition coefficient (Wildman–Crippen LogP) is 3.00. The molecule has 0 saturated carbocycles. The molecule has 1 N–H and O–H groups in total. The summed E-state index contributed by atoms with van der Waals surface area (Å²) in [5, 5.41) is 10.9. The number of benzene rings is 1. The fourth-order valence-electron chi connectivity index (χ4n) is 2.51. The van der Waals surface area contributed by atoms with Crippen molar-refractivity contribution >= 4 is 11.3 Å². The smallest absolute Gasteiger partial charge is 0.0540 e. The lowest BCUT2D eigenvalue weighted by Crippen LogP contribution is -2.15. The van der Waals surface area contributed by atoms with Crippen molar-refractivity contribution in [3.63, 3.8) is 0 Å². The number of fused-ring (bicyclic) bond motifs is 1. The standard InChI is InChI=1S/C17H17NOS/c19-9-4-3-5-14-8-10-20-17(14)13-18-11-15-6-1-2-7-16(15)12-18/h1-2,6-8,10,19H,4,9,11-13H2. The second-order valence-electron chi connectivity index (χ2n) is 4.95. The molecule has 1 aromatic carbocycles. The molecule has 102 valence electrons. The van der Waals surface area contributed by atoms with Crippen LogP contribution >= 0.6 is 11.3 Å². The minimum Gasteiger partial charge on any atom is -0.395 e. The summed E-state index contributed by atoms with van der Waals surface area (Å²) < 4.78 is 0. The zero-order valence-electron chi connectivity index (χ0n) is 11.3. The molecule has 1 aliphatic heterocycles. The van der Waals surface area contributed by atoms with Gasteiger partial charge >= 0.3 is 0 Å². The van der Waals surface area contributed by atoms with Gasteiger partial charge < -0.3 is 5.11 Å². The number of aliphatic hydroxyl groups is 1. The molecule has 1 aromatic heterocycles. The monoisotopic (exact) mass is 283 g/mol. The van der Waals surface area contributed by atoms with Crippen LogP contribution in [0.1, 0.15) is 28.0 Å². The van der Waals surface area contributed by atoms with Gasteiger partial charge in [-0.25, -0.2) is 0 Å². The van der Waals surface area contributed by atoms with E-state index in [4.69, 9.17) is 5.11 Å². The zero-order valence-corrected chi connectivity index (χ0v) is 12.1. The summed E-state index contributed by atoms with van der Waals surface area (Å²) in [4.78, 5) is 3.77. The first-order chi connectivity index (χ1) is 9.86. The summed E-state index contributed by atoms with van der Waals surface area (Å²) in [5.41, 5.74) is 3.99. The maximum absolute atomic E-state index is 8.79. The summed E-state index contributed by atoms with van der Waals surface area (Å²) >= 11 is 1.77. The van der Waals surface area contributed by atoms with E-state index >= 15 is 0 Å². The molecule has 0 saturated heterocycles. The maximum Gasteiger partial charge on any atom is 0.0540 e. The molecule has 0 radical (unpaired) electrons. The van der Waals surface area contributed by atoms with Crippen molar-refractivity contribution in [2.24, 2.45) is 0 Å². The number of thiophene rings is 1. The highest BCUT2D eigenvalue weighted by molar-refractivity contribution is 7.10. The summed E-state index contributed by atoms with van der Waals surface area (Å²) in [6.07, 6.45) is 0.546. The Morgan fingerprint density at radius 2 is 1.90 bits per heavy atom. The number of rotatable bonds is 3. The van der Waals surface area contributed by atoms with E-state index in [1.807, 2.05) is 0 Å². The molecule has 1 aliphatic rings. The van der Waals surface area contributed by atoms with Gasteiger partial charge in [0.25, 0.3) is 0 Å². The number of aliphatic hydroxyl groups excluding tert-OH is 1. The van der Waals surface area contributed by atoms with Crippen LogP contribution in [0.15, 0.2) is 35.7 Å². The summed E-state index contributed by atoms with van der Waals surface area (Å²) in [5.74, 6) is 6.17. The van der Waals surface area contributed by atoms with Crippen molar-refractivity contribution in [3.05, 3.63) is 57.3 Å². The molecule has 3 heteroatoms. The SMILES string of the molecule is OCCC#Cc1ccsc1CN1Cc2ccccc2C1. The third kappa shape index (κ3) is 2.94. The van der Waals surface area contributed by atoms with Crippen molar-refractivity contribution in [2.75, 3.05) is 6.61 Å². The Bertz CT molecular complexity index is 625. The van der Waals surface area contributed by atoms with Crippen molar-refractivity contribution in [2.45, 2.75) is 26.1 Å². The van der Waals surface area contributed by atoms with Gasteiger partial charge in [0, 0.05) is 36.5 Å². The van der Waals surface area contributed by atoms with Gasteiger partial charge in [0.05, 0.1) is 6.61 Å². The average Bonchev–Trinajstić information content (AvgIpc) is 3.06. The van der Waals surface area contributed by atoms with Crippen LogP contribution in [-0.4, -0.2) is 16.6 Å². The zero-order chi connectivity index (χ0) is 13.8. The minimum absolute atomic E-state index is 0.133. The van der Waals surface area contributed by atoms with Gasteiger partial charge in [-0.2, -0.15) is 0 Å². The van der Waals surface area contributed by atoms with Crippen LogP contribution in [0.3, 0.4) is 0 Å². The third-order valence-electron chi connectivity index (χ3n) is 3.48. The van der Waals surface area contributed by atoms with E-state index in [0.29, 0.717) is 6.42 Å². The van der Waals surface area contributed by atoms with Crippen LogP contribution in [0.4, 0.5) is 0 Å². The first-order valence-electron chi connectivity index (χ1n) is 6.82. The van der Waals surface area contributed by atoms with Crippen LogP contribution in [0.5, 0.6) is 0 Å². The van der Waals surface area contributed by atoms with Gasteiger partial charge in [-0.15, -0.1) is 11.3 Å². The van der Waals surface area contributed by atoms with Crippen LogP contribution in [0, 0.1) is 11.8 Å². The number of hydrogen-bond donors (Lipinski definition) is 1. The summed E-state index contributed by atoms with van der Waals surface area (Å²) in [6, 6.07) is 10.7. The molecular formula is C17H17NOS. The van der Waals surface area contributed by atoms with Gasteiger partial charge in [-0.1, -0.05) is 36.1 Å². The highest BCUT2D eigenvalue weighted by Crippen LogP contribution is 2.26. The Labute approximate surface area is 123 Å². The molecular weight excluding hydrogens is 266 g/mol. The Kier molecular flexibility index (Phi) is 4.17. The molecule has 2 heterocycles. The second kappa shape index (κ2) is 6.23. The lowest BCUT2D eigenvalue weighted by Gasteiger charge is -2.13. The highest BCUT2D eigenvalue weighted by Gasteiger charge is 2.19. The van der Waals surface area contributed by atoms with Gasteiger partial charge in [0.1, 0.15) is 0 Å². The van der Waals surface area contributed by atoms with E-state index < -0.39 is 0 Å². The van der Waals surface area contributed by atoms with E-state index in [2.05, 4.69) is 52.5 Å². The lowest BCUT2D eigenvalue weighted by atomic mass is 10.1. The summed E-state index contributed by atoms with van der Waals surface area (Å²) in [6.45, 7) is 3.14. The van der Waals surface area contributed by atoms with E-state index in [0.717, 1.165) is 25.2 Å². The predicted molar refractivity (Wildman–Crippen MR) is 82.3 cm³/mol. The largest absolute Gasteiger partial charge is 0.395 e. The summed E-state index contributed by atoms with van der Waals surface area (Å²) in [7, 11) is 0. The molecule has 20 heavy (non-hydrogen) atoms. The van der Waals surface area contributed by atoms with Gasteiger partial charge in [-0.05, 0) is 22.6 Å². The molecule has 0 spiro atoms. The van der Waals surface area contributed by atoms with Crippen LogP contribution < -0.4 is 0 Å². The third-order valence-corrected chi connectivity index (χ3v) is 4.38. The Hall–Kier alpha value is -1.60. The van der Waals surface area contributed by atoms with Crippen LogP contribution in [0.25, 0.3) is 0 Å². The molecule has 2 aromatic rings. The minimum atomic E-state index is 0.133. The number of nitrogens with zero attached hydrogens (tertiary/aromatic N) is 1. The lowest BCUT2D eigenvalue weighted by molar-refractivity contribution is 0.278. The second-order valence-corrected chi connectivity index (χ2v) is 5.95. The van der Waals surface area contributed by atoms with Gasteiger partial charge in [0.15, 0.2) is 0 Å². The van der Waals surface area contributed by atoms with Crippen LogP contribution in [0.2, 0.25) is 0 Å². The molecule has 0 fully saturated rings. The Morgan fingerprint density at radius 3 is 2.60 bits per heavy atom. The first-order valence-corrected chi connectivity index (χ1v) is 7.70. The number of hydrogen-bond acceptors (Lipinski definition) is 3. The topological polar surface area (TPSA) is 23.5 Å². The van der Waals surface area contributed by atoms with Crippen molar-refractivity contribution in [1.82, 2.24) is 4.90 Å². The fraction of sp³-hybridized carbons (Fsp3) is 0.294. The Balaban J connectivity index is 1.69. The molecule has 3 rings (SSSR count). The molecule has 2 nitrogen and oxygen atoms in total. The highest BCUT2D eigenvalue weighted by atomic mass is 32.1. The fourth-order valence-corrected chi connectivity index (χ4v) is 3.38. The van der Waals surface area contributed by atoms with E-state index in [9.17, 15) is 0 Å². The van der Waals surface area contributed by atoms with E-state index in [1.54, 1.807) is 11.3 Å². The van der Waals surface area contributed by atoms with Gasteiger partial charge in [-0.3, -0.25) is 4.90 Å². The quantitative estimate of drug-likeness (QED) is 0.875. The van der Waals surface area contributed by atoms with Gasteiger partial charge in [0.2, 0.25) is 0 Å². The molecule has 0 bridgehead atoms. The Morgan fingerprint density at radius 1 is 1.15 bits per heavy atom. The molecule has 0 atom stereocenters.